The number of hydrogen-bond donors (Lipinski definition) is 2. The van der Waals surface area contributed by atoms with E-state index in [1.807, 2.05) is 6.07 Å². The lowest BCUT2D eigenvalue weighted by atomic mass is 9.94. The third kappa shape index (κ3) is 3.65. The molecule has 128 valence electrons. The van der Waals surface area contributed by atoms with Crippen LogP contribution in [0.1, 0.15) is 0 Å². The van der Waals surface area contributed by atoms with Crippen LogP contribution in [0.5, 0.6) is 5.75 Å². The van der Waals surface area contributed by atoms with Gasteiger partial charge in [-0.2, -0.15) is 0 Å². The summed E-state index contributed by atoms with van der Waals surface area (Å²) in [4.78, 5) is 0.0208. The maximum atomic E-state index is 11.4. The molecule has 0 atom stereocenters. The van der Waals surface area contributed by atoms with Crippen LogP contribution in [0.4, 0.5) is 0 Å². The van der Waals surface area contributed by atoms with Crippen LogP contribution in [0.2, 0.25) is 10.0 Å². The van der Waals surface area contributed by atoms with Gasteiger partial charge in [0.15, 0.2) is 0 Å². The number of phenols is 1. The average molecular weight is 394 g/mol. The largest absolute Gasteiger partial charge is 0.507 e. The average Bonchev–Trinajstić information content (AvgIpc) is 2.57. The summed E-state index contributed by atoms with van der Waals surface area (Å²) in [5, 5.41) is 16.3. The summed E-state index contributed by atoms with van der Waals surface area (Å²) in [5.41, 5.74) is 2.71. The van der Waals surface area contributed by atoms with Crippen molar-refractivity contribution >= 4 is 33.2 Å². The number of hydrogen-bond acceptors (Lipinski definition) is 3. The van der Waals surface area contributed by atoms with Crippen LogP contribution in [0.15, 0.2) is 65.6 Å². The predicted molar refractivity (Wildman–Crippen MR) is 100 cm³/mol. The molecule has 7 heteroatoms. The summed E-state index contributed by atoms with van der Waals surface area (Å²) in [6.45, 7) is 0. The van der Waals surface area contributed by atoms with Crippen LogP contribution >= 0.6 is 23.2 Å². The molecule has 4 nitrogen and oxygen atoms in total. The van der Waals surface area contributed by atoms with Crippen molar-refractivity contribution in [2.75, 3.05) is 0 Å². The number of halogens is 2. The molecule has 0 aliphatic heterocycles. The number of aromatic hydroxyl groups is 1. The highest BCUT2D eigenvalue weighted by Gasteiger charge is 2.14. The third-order valence-corrected chi connectivity index (χ3v) is 5.41. The standard InChI is InChI=1S/C18H13Cl2NO3S/c19-15-9-6-12(10-16(15)20)18-14(2-1-3-17(18)22)11-4-7-13(8-5-11)25(21,23)24/h1-10,22H,(H2,21,23,24). The predicted octanol–water partition coefficient (Wildman–Crippen LogP) is 4.68. The molecule has 0 amide bonds. The molecule has 3 N–H and O–H groups in total. The fourth-order valence-electron chi connectivity index (χ4n) is 2.56. The Morgan fingerprint density at radius 3 is 2.08 bits per heavy atom. The molecule has 0 fully saturated rings. The van der Waals surface area contributed by atoms with E-state index < -0.39 is 10.0 Å². The van der Waals surface area contributed by atoms with E-state index in [2.05, 4.69) is 0 Å². The SMILES string of the molecule is NS(=O)(=O)c1ccc(-c2cccc(O)c2-c2ccc(Cl)c(Cl)c2)cc1. The fourth-order valence-corrected chi connectivity index (χ4v) is 3.37. The molecule has 0 unspecified atom stereocenters. The maximum Gasteiger partial charge on any atom is 0.238 e. The zero-order valence-corrected chi connectivity index (χ0v) is 15.1. The van der Waals surface area contributed by atoms with Crippen molar-refractivity contribution in [1.82, 2.24) is 0 Å². The van der Waals surface area contributed by atoms with Gasteiger partial charge < -0.3 is 5.11 Å². The Kier molecular flexibility index (Phi) is 4.75. The van der Waals surface area contributed by atoms with Gasteiger partial charge in [0, 0.05) is 5.56 Å². The zero-order valence-electron chi connectivity index (χ0n) is 12.8. The van der Waals surface area contributed by atoms with Crippen LogP contribution in [-0.4, -0.2) is 13.5 Å². The van der Waals surface area contributed by atoms with Crippen molar-refractivity contribution in [3.63, 3.8) is 0 Å². The van der Waals surface area contributed by atoms with E-state index in [0.717, 1.165) is 11.1 Å². The molecule has 3 aromatic rings. The van der Waals surface area contributed by atoms with Gasteiger partial charge >= 0.3 is 0 Å². The second-order valence-corrected chi connectivity index (χ2v) is 7.77. The number of rotatable bonds is 3. The fraction of sp³-hybridized carbons (Fsp3) is 0. The first-order valence-corrected chi connectivity index (χ1v) is 9.48. The van der Waals surface area contributed by atoms with E-state index in [-0.39, 0.29) is 10.6 Å². The Morgan fingerprint density at radius 2 is 1.48 bits per heavy atom. The molecular formula is C18H13Cl2NO3S. The van der Waals surface area contributed by atoms with Gasteiger partial charge in [0.2, 0.25) is 10.0 Å². The molecule has 0 saturated carbocycles. The number of phenolic OH excluding ortho intramolecular Hbond substituents is 1. The lowest BCUT2D eigenvalue weighted by Crippen LogP contribution is -2.11. The lowest BCUT2D eigenvalue weighted by molar-refractivity contribution is 0.477. The van der Waals surface area contributed by atoms with E-state index in [9.17, 15) is 13.5 Å². The lowest BCUT2D eigenvalue weighted by Gasteiger charge is -2.13. The van der Waals surface area contributed by atoms with E-state index in [1.54, 1.807) is 42.5 Å². The molecule has 3 aromatic carbocycles. The van der Waals surface area contributed by atoms with Gasteiger partial charge in [-0.3, -0.25) is 0 Å². The Hall–Kier alpha value is -2.05. The van der Waals surface area contributed by atoms with Gasteiger partial charge in [-0.1, -0.05) is 53.5 Å². The van der Waals surface area contributed by atoms with E-state index in [1.165, 1.54) is 12.1 Å². The summed E-state index contributed by atoms with van der Waals surface area (Å²) in [6.07, 6.45) is 0. The summed E-state index contributed by atoms with van der Waals surface area (Å²) in [6, 6.07) is 16.3. The van der Waals surface area contributed by atoms with Gasteiger partial charge in [-0.25, -0.2) is 13.6 Å². The van der Waals surface area contributed by atoms with Gasteiger partial charge in [-0.15, -0.1) is 0 Å². The smallest absolute Gasteiger partial charge is 0.238 e. The first-order valence-electron chi connectivity index (χ1n) is 7.18. The minimum absolute atomic E-state index is 0.0208. The highest BCUT2D eigenvalue weighted by Crippen LogP contribution is 2.40. The molecule has 0 aromatic heterocycles. The van der Waals surface area contributed by atoms with E-state index >= 15 is 0 Å². The number of primary sulfonamides is 1. The van der Waals surface area contributed by atoms with Crippen LogP contribution in [0.3, 0.4) is 0 Å². The van der Waals surface area contributed by atoms with Crippen molar-refractivity contribution in [3.05, 3.63) is 70.7 Å². The molecule has 25 heavy (non-hydrogen) atoms. The maximum absolute atomic E-state index is 11.4. The van der Waals surface area contributed by atoms with Crippen LogP contribution in [0.25, 0.3) is 22.3 Å². The normalized spacial score (nSPS) is 11.5. The number of benzene rings is 3. The van der Waals surface area contributed by atoms with Crippen molar-refractivity contribution in [2.45, 2.75) is 4.90 Å². The molecule has 0 aliphatic rings. The van der Waals surface area contributed by atoms with Gasteiger partial charge in [0.25, 0.3) is 0 Å². The first kappa shape index (κ1) is 17.8. The Bertz CT molecular complexity index is 1050. The van der Waals surface area contributed by atoms with Crippen molar-refractivity contribution in [3.8, 4) is 28.0 Å². The Morgan fingerprint density at radius 1 is 0.840 bits per heavy atom. The quantitative estimate of drug-likeness (QED) is 0.677. The molecule has 0 heterocycles. The summed E-state index contributed by atoms with van der Waals surface area (Å²) < 4.78 is 22.8. The van der Waals surface area contributed by atoms with Gasteiger partial charge in [-0.05, 0) is 47.0 Å². The van der Waals surface area contributed by atoms with E-state index in [4.69, 9.17) is 28.3 Å². The minimum Gasteiger partial charge on any atom is -0.507 e. The van der Waals surface area contributed by atoms with Crippen LogP contribution < -0.4 is 5.14 Å². The minimum atomic E-state index is -3.76. The summed E-state index contributed by atoms with van der Waals surface area (Å²) >= 11 is 12.1. The van der Waals surface area contributed by atoms with Gasteiger partial charge in [0.1, 0.15) is 5.75 Å². The highest BCUT2D eigenvalue weighted by atomic mass is 35.5. The molecule has 0 saturated heterocycles. The molecule has 0 radical (unpaired) electrons. The third-order valence-electron chi connectivity index (χ3n) is 3.74. The highest BCUT2D eigenvalue weighted by molar-refractivity contribution is 7.89. The Labute approximate surface area is 155 Å². The molecule has 3 rings (SSSR count). The Balaban J connectivity index is 2.18. The van der Waals surface area contributed by atoms with Crippen molar-refractivity contribution in [2.24, 2.45) is 5.14 Å². The van der Waals surface area contributed by atoms with Crippen LogP contribution in [-0.2, 0) is 10.0 Å². The van der Waals surface area contributed by atoms with E-state index in [0.29, 0.717) is 21.2 Å². The second-order valence-electron chi connectivity index (χ2n) is 5.40. The molecular weight excluding hydrogens is 381 g/mol. The van der Waals surface area contributed by atoms with Crippen molar-refractivity contribution < 1.29 is 13.5 Å². The summed E-state index contributed by atoms with van der Waals surface area (Å²) in [7, 11) is -3.76. The number of nitrogens with two attached hydrogens (primary N) is 1. The summed E-state index contributed by atoms with van der Waals surface area (Å²) in [5.74, 6) is 0.0754. The van der Waals surface area contributed by atoms with Crippen LogP contribution in [0, 0.1) is 0 Å². The molecule has 0 aliphatic carbocycles. The zero-order chi connectivity index (χ0) is 18.2. The van der Waals surface area contributed by atoms with Crippen molar-refractivity contribution in [1.29, 1.82) is 0 Å². The molecule has 0 bridgehead atoms. The second kappa shape index (κ2) is 6.69. The monoisotopic (exact) mass is 393 g/mol. The molecule has 0 spiro atoms. The number of sulfonamides is 1. The van der Waals surface area contributed by atoms with Gasteiger partial charge in [0.05, 0.1) is 14.9 Å². The first-order chi connectivity index (χ1) is 11.8. The topological polar surface area (TPSA) is 80.4 Å².